The van der Waals surface area contributed by atoms with Crippen LogP contribution in [0.3, 0.4) is 0 Å². The molecule has 1 saturated heterocycles. The SMILES string of the molecule is CCNCc1cnc(N2CCCC(C(C)C)CC2)nc1C. The minimum Gasteiger partial charge on any atom is -0.341 e. The number of rotatable bonds is 5. The van der Waals surface area contributed by atoms with Gasteiger partial charge in [0.1, 0.15) is 0 Å². The van der Waals surface area contributed by atoms with Gasteiger partial charge < -0.3 is 10.2 Å². The van der Waals surface area contributed by atoms with Gasteiger partial charge in [0.25, 0.3) is 0 Å². The molecule has 4 heteroatoms. The summed E-state index contributed by atoms with van der Waals surface area (Å²) in [7, 11) is 0. The van der Waals surface area contributed by atoms with Crippen LogP contribution < -0.4 is 10.2 Å². The molecule has 4 nitrogen and oxygen atoms in total. The summed E-state index contributed by atoms with van der Waals surface area (Å²) < 4.78 is 0. The number of aryl methyl sites for hydroxylation is 1. The van der Waals surface area contributed by atoms with Crippen LogP contribution in [-0.2, 0) is 6.54 Å². The monoisotopic (exact) mass is 290 g/mol. The Hall–Kier alpha value is -1.16. The van der Waals surface area contributed by atoms with Gasteiger partial charge in [-0.05, 0) is 44.6 Å². The first-order valence-electron chi connectivity index (χ1n) is 8.40. The van der Waals surface area contributed by atoms with Gasteiger partial charge in [0.2, 0.25) is 5.95 Å². The smallest absolute Gasteiger partial charge is 0.225 e. The van der Waals surface area contributed by atoms with E-state index in [9.17, 15) is 0 Å². The molecule has 0 amide bonds. The highest BCUT2D eigenvalue weighted by atomic mass is 15.2. The van der Waals surface area contributed by atoms with Crippen LogP contribution in [0.5, 0.6) is 0 Å². The lowest BCUT2D eigenvalue weighted by Crippen LogP contribution is -2.27. The minimum atomic E-state index is 0.787. The molecule has 2 heterocycles. The molecule has 0 saturated carbocycles. The van der Waals surface area contributed by atoms with Crippen LogP contribution in [-0.4, -0.2) is 29.6 Å². The number of aromatic nitrogens is 2. The van der Waals surface area contributed by atoms with Crippen LogP contribution in [0.4, 0.5) is 5.95 Å². The summed E-state index contributed by atoms with van der Waals surface area (Å²) in [5.74, 6) is 2.55. The number of hydrogen-bond donors (Lipinski definition) is 1. The van der Waals surface area contributed by atoms with Gasteiger partial charge in [0.15, 0.2) is 0 Å². The molecule has 118 valence electrons. The zero-order valence-corrected chi connectivity index (χ0v) is 14.0. The zero-order valence-electron chi connectivity index (χ0n) is 14.0. The Morgan fingerprint density at radius 1 is 1.33 bits per heavy atom. The molecule has 1 aliphatic rings. The van der Waals surface area contributed by atoms with E-state index in [1.54, 1.807) is 0 Å². The normalized spacial score (nSPS) is 19.9. The lowest BCUT2D eigenvalue weighted by Gasteiger charge is -2.22. The Balaban J connectivity index is 2.03. The van der Waals surface area contributed by atoms with Crippen molar-refractivity contribution in [2.45, 2.75) is 53.5 Å². The van der Waals surface area contributed by atoms with Gasteiger partial charge in [0.05, 0.1) is 0 Å². The quantitative estimate of drug-likeness (QED) is 0.904. The van der Waals surface area contributed by atoms with E-state index in [0.717, 1.165) is 49.7 Å². The fraction of sp³-hybridized carbons (Fsp3) is 0.765. The topological polar surface area (TPSA) is 41.1 Å². The summed E-state index contributed by atoms with van der Waals surface area (Å²) in [5.41, 5.74) is 2.31. The predicted molar refractivity (Wildman–Crippen MR) is 88.5 cm³/mol. The third-order valence-corrected chi connectivity index (χ3v) is 4.63. The van der Waals surface area contributed by atoms with Crippen molar-refractivity contribution in [2.24, 2.45) is 11.8 Å². The first kappa shape index (κ1) is 16.2. The van der Waals surface area contributed by atoms with Gasteiger partial charge >= 0.3 is 0 Å². The van der Waals surface area contributed by atoms with E-state index >= 15 is 0 Å². The van der Waals surface area contributed by atoms with E-state index in [0.29, 0.717) is 0 Å². The maximum absolute atomic E-state index is 4.74. The average molecular weight is 290 g/mol. The van der Waals surface area contributed by atoms with Crippen molar-refractivity contribution < 1.29 is 0 Å². The highest BCUT2D eigenvalue weighted by molar-refractivity contribution is 5.33. The van der Waals surface area contributed by atoms with E-state index in [4.69, 9.17) is 4.98 Å². The third-order valence-electron chi connectivity index (χ3n) is 4.63. The Labute approximate surface area is 129 Å². The summed E-state index contributed by atoms with van der Waals surface area (Å²) in [6.07, 6.45) is 5.85. The van der Waals surface area contributed by atoms with Crippen molar-refractivity contribution >= 4 is 5.95 Å². The highest BCUT2D eigenvalue weighted by Crippen LogP contribution is 2.26. The van der Waals surface area contributed by atoms with Crippen LogP contribution >= 0.6 is 0 Å². The second kappa shape index (κ2) is 7.74. The van der Waals surface area contributed by atoms with Crippen molar-refractivity contribution in [1.29, 1.82) is 0 Å². The zero-order chi connectivity index (χ0) is 15.2. The summed E-state index contributed by atoms with van der Waals surface area (Å²) >= 11 is 0. The Bertz CT molecular complexity index is 444. The van der Waals surface area contributed by atoms with E-state index in [-0.39, 0.29) is 0 Å². The molecule has 0 aromatic carbocycles. The molecular formula is C17H30N4. The average Bonchev–Trinajstić information content (AvgIpc) is 2.72. The molecule has 0 spiro atoms. The maximum atomic E-state index is 4.74. The van der Waals surface area contributed by atoms with Gasteiger partial charge in [-0.1, -0.05) is 20.8 Å². The molecule has 1 atom stereocenters. The molecule has 21 heavy (non-hydrogen) atoms. The van der Waals surface area contributed by atoms with Crippen molar-refractivity contribution in [3.8, 4) is 0 Å². The number of nitrogens with zero attached hydrogens (tertiary/aromatic N) is 3. The van der Waals surface area contributed by atoms with E-state index in [2.05, 4.69) is 42.9 Å². The van der Waals surface area contributed by atoms with Gasteiger partial charge in [0, 0.05) is 37.1 Å². The molecule has 1 N–H and O–H groups in total. The van der Waals surface area contributed by atoms with E-state index in [1.807, 2.05) is 6.20 Å². The molecule has 1 aromatic heterocycles. The fourth-order valence-electron chi connectivity index (χ4n) is 3.05. The van der Waals surface area contributed by atoms with Crippen LogP contribution in [0, 0.1) is 18.8 Å². The Morgan fingerprint density at radius 3 is 2.81 bits per heavy atom. The van der Waals surface area contributed by atoms with Crippen molar-refractivity contribution in [3.05, 3.63) is 17.5 Å². The summed E-state index contributed by atoms with van der Waals surface area (Å²) in [5, 5.41) is 3.34. The van der Waals surface area contributed by atoms with Crippen LogP contribution in [0.1, 0.15) is 51.3 Å². The molecule has 0 aliphatic carbocycles. The summed E-state index contributed by atoms with van der Waals surface area (Å²) in [4.78, 5) is 11.7. The van der Waals surface area contributed by atoms with Crippen LogP contribution in [0.2, 0.25) is 0 Å². The Morgan fingerprint density at radius 2 is 2.14 bits per heavy atom. The predicted octanol–water partition coefficient (Wildman–Crippen LogP) is 3.16. The first-order chi connectivity index (χ1) is 10.1. The lowest BCUT2D eigenvalue weighted by atomic mass is 9.89. The highest BCUT2D eigenvalue weighted by Gasteiger charge is 2.21. The second-order valence-corrected chi connectivity index (χ2v) is 6.48. The van der Waals surface area contributed by atoms with Crippen molar-refractivity contribution in [1.82, 2.24) is 15.3 Å². The molecule has 0 radical (unpaired) electrons. The molecular weight excluding hydrogens is 260 g/mol. The Kier molecular flexibility index (Phi) is 5.97. The summed E-state index contributed by atoms with van der Waals surface area (Å²) in [6, 6.07) is 0. The first-order valence-corrected chi connectivity index (χ1v) is 8.40. The summed E-state index contributed by atoms with van der Waals surface area (Å²) in [6.45, 7) is 12.9. The van der Waals surface area contributed by atoms with Gasteiger partial charge in [-0.3, -0.25) is 0 Å². The molecule has 1 fully saturated rings. The van der Waals surface area contributed by atoms with Crippen LogP contribution in [0.15, 0.2) is 6.20 Å². The van der Waals surface area contributed by atoms with Crippen LogP contribution in [0.25, 0.3) is 0 Å². The molecule has 1 unspecified atom stereocenters. The van der Waals surface area contributed by atoms with Crippen molar-refractivity contribution in [2.75, 3.05) is 24.5 Å². The standard InChI is InChI=1S/C17H30N4/c1-5-18-11-16-12-19-17(20-14(16)4)21-9-6-7-15(8-10-21)13(2)3/h12-13,15,18H,5-11H2,1-4H3. The second-order valence-electron chi connectivity index (χ2n) is 6.48. The van der Waals surface area contributed by atoms with E-state index < -0.39 is 0 Å². The molecule has 1 aliphatic heterocycles. The van der Waals surface area contributed by atoms with Gasteiger partial charge in [-0.15, -0.1) is 0 Å². The van der Waals surface area contributed by atoms with Gasteiger partial charge in [-0.2, -0.15) is 0 Å². The number of hydrogen-bond acceptors (Lipinski definition) is 4. The minimum absolute atomic E-state index is 0.787. The van der Waals surface area contributed by atoms with Crippen molar-refractivity contribution in [3.63, 3.8) is 0 Å². The number of nitrogens with one attached hydrogen (secondary N) is 1. The van der Waals surface area contributed by atoms with Gasteiger partial charge in [-0.25, -0.2) is 9.97 Å². The maximum Gasteiger partial charge on any atom is 0.225 e. The number of anilines is 1. The molecule has 1 aromatic rings. The van der Waals surface area contributed by atoms with E-state index in [1.165, 1.54) is 24.8 Å². The molecule has 2 rings (SSSR count). The lowest BCUT2D eigenvalue weighted by molar-refractivity contribution is 0.351. The fourth-order valence-corrected chi connectivity index (χ4v) is 3.05. The third kappa shape index (κ3) is 4.40. The largest absolute Gasteiger partial charge is 0.341 e. The molecule has 0 bridgehead atoms.